The second kappa shape index (κ2) is 6.07. The fourth-order valence-corrected chi connectivity index (χ4v) is 2.28. The molecule has 1 aliphatic rings. The minimum Gasteiger partial charge on any atom is -0.384 e. The molecule has 1 aromatic rings. The highest BCUT2D eigenvalue weighted by atomic mass is 16.2. The Kier molecular flexibility index (Phi) is 4.42. The van der Waals surface area contributed by atoms with Gasteiger partial charge in [-0.25, -0.2) is 9.97 Å². The summed E-state index contributed by atoms with van der Waals surface area (Å²) in [6.45, 7) is 6.11. The topological polar surface area (TPSA) is 75.3 Å². The molecule has 6 nitrogen and oxygen atoms in total. The molecule has 1 aromatic heterocycles. The number of rotatable bonds is 4. The summed E-state index contributed by atoms with van der Waals surface area (Å²) < 4.78 is 0. The number of amides is 1. The first kappa shape index (κ1) is 14.6. The van der Waals surface area contributed by atoms with Crippen LogP contribution in [-0.4, -0.2) is 47.5 Å². The van der Waals surface area contributed by atoms with Crippen molar-refractivity contribution in [1.82, 2.24) is 14.9 Å². The van der Waals surface area contributed by atoms with Crippen molar-refractivity contribution in [2.75, 3.05) is 37.3 Å². The Balaban J connectivity index is 2.08. The fourth-order valence-electron chi connectivity index (χ4n) is 2.28. The summed E-state index contributed by atoms with van der Waals surface area (Å²) in [7, 11) is 1.86. The van der Waals surface area contributed by atoms with Crippen LogP contribution in [0.15, 0.2) is 6.07 Å². The number of carbonyl (C=O) groups excluding carboxylic acids is 1. The summed E-state index contributed by atoms with van der Waals surface area (Å²) in [5.41, 5.74) is 5.81. The minimum atomic E-state index is 0.147. The fraction of sp³-hybridized carbons (Fsp3) is 0.643. The first-order valence-electron chi connectivity index (χ1n) is 7.10. The zero-order chi connectivity index (χ0) is 14.7. The van der Waals surface area contributed by atoms with Gasteiger partial charge in [0.05, 0.1) is 6.54 Å². The Bertz CT molecular complexity index is 482. The highest BCUT2D eigenvalue weighted by Gasteiger charge is 2.20. The van der Waals surface area contributed by atoms with Gasteiger partial charge in [0.1, 0.15) is 17.5 Å². The van der Waals surface area contributed by atoms with Gasteiger partial charge in [-0.1, -0.05) is 13.8 Å². The van der Waals surface area contributed by atoms with Gasteiger partial charge in [0, 0.05) is 32.1 Å². The van der Waals surface area contributed by atoms with E-state index in [0.717, 1.165) is 25.9 Å². The van der Waals surface area contributed by atoms with Crippen molar-refractivity contribution in [2.45, 2.75) is 32.6 Å². The van der Waals surface area contributed by atoms with Crippen LogP contribution in [0.25, 0.3) is 0 Å². The molecule has 110 valence electrons. The summed E-state index contributed by atoms with van der Waals surface area (Å²) in [5.74, 6) is 2.21. The summed E-state index contributed by atoms with van der Waals surface area (Å²) in [5, 5.41) is 0. The van der Waals surface area contributed by atoms with Gasteiger partial charge in [-0.05, 0) is 12.8 Å². The number of anilines is 2. The van der Waals surface area contributed by atoms with Gasteiger partial charge in [0.15, 0.2) is 0 Å². The van der Waals surface area contributed by atoms with E-state index in [4.69, 9.17) is 5.73 Å². The molecule has 1 amide bonds. The highest BCUT2D eigenvalue weighted by Crippen LogP contribution is 2.18. The van der Waals surface area contributed by atoms with E-state index in [1.807, 2.05) is 30.7 Å². The Morgan fingerprint density at radius 3 is 2.65 bits per heavy atom. The van der Waals surface area contributed by atoms with Crippen LogP contribution in [0.5, 0.6) is 0 Å². The Morgan fingerprint density at radius 2 is 2.05 bits per heavy atom. The number of likely N-dealkylation sites (N-methyl/N-ethyl adjacent to an activating group) is 1. The molecular formula is C14H23N5O. The normalized spacial score (nSPS) is 14.9. The molecule has 2 heterocycles. The van der Waals surface area contributed by atoms with Gasteiger partial charge in [0.2, 0.25) is 5.91 Å². The number of nitrogens with zero attached hydrogens (tertiary/aromatic N) is 4. The lowest BCUT2D eigenvalue weighted by molar-refractivity contribution is -0.128. The molecular weight excluding hydrogens is 254 g/mol. The monoisotopic (exact) mass is 277 g/mol. The molecule has 0 saturated carbocycles. The summed E-state index contributed by atoms with van der Waals surface area (Å²) in [6, 6.07) is 1.71. The molecule has 20 heavy (non-hydrogen) atoms. The van der Waals surface area contributed by atoms with E-state index >= 15 is 0 Å². The van der Waals surface area contributed by atoms with Crippen molar-refractivity contribution >= 4 is 17.5 Å². The molecule has 1 fully saturated rings. The number of nitrogens with two attached hydrogens (primary N) is 1. The van der Waals surface area contributed by atoms with Gasteiger partial charge in [-0.2, -0.15) is 0 Å². The van der Waals surface area contributed by atoms with E-state index in [-0.39, 0.29) is 11.8 Å². The molecule has 0 bridgehead atoms. The van der Waals surface area contributed by atoms with E-state index in [1.54, 1.807) is 6.07 Å². The standard InChI is InChI=1S/C14H23N5O/c1-10(2)14-16-11(15)8-12(17-14)18(3)9-13(20)19-6-4-5-7-19/h8,10H,4-7,9H2,1-3H3,(H2,15,16,17). The van der Waals surface area contributed by atoms with Crippen molar-refractivity contribution in [3.63, 3.8) is 0 Å². The number of likely N-dealkylation sites (tertiary alicyclic amines) is 1. The average Bonchev–Trinajstić information content (AvgIpc) is 2.91. The van der Waals surface area contributed by atoms with Crippen LogP contribution in [0.4, 0.5) is 11.6 Å². The molecule has 0 aliphatic carbocycles. The van der Waals surface area contributed by atoms with Crippen LogP contribution >= 0.6 is 0 Å². The van der Waals surface area contributed by atoms with E-state index in [1.165, 1.54) is 0 Å². The molecule has 6 heteroatoms. The van der Waals surface area contributed by atoms with E-state index in [0.29, 0.717) is 24.0 Å². The van der Waals surface area contributed by atoms with Crippen molar-refractivity contribution in [3.05, 3.63) is 11.9 Å². The second-order valence-electron chi connectivity index (χ2n) is 5.61. The summed E-state index contributed by atoms with van der Waals surface area (Å²) in [6.07, 6.45) is 2.21. The number of hydrogen-bond acceptors (Lipinski definition) is 5. The summed E-state index contributed by atoms with van der Waals surface area (Å²) in [4.78, 5) is 24.6. The zero-order valence-corrected chi connectivity index (χ0v) is 12.5. The van der Waals surface area contributed by atoms with Crippen LogP contribution in [0.1, 0.15) is 38.4 Å². The van der Waals surface area contributed by atoms with Gasteiger partial charge < -0.3 is 15.5 Å². The number of carbonyl (C=O) groups is 1. The zero-order valence-electron chi connectivity index (χ0n) is 12.5. The molecule has 0 aromatic carbocycles. The Labute approximate surface area is 120 Å². The summed E-state index contributed by atoms with van der Waals surface area (Å²) >= 11 is 0. The number of aromatic nitrogens is 2. The van der Waals surface area contributed by atoms with Crippen molar-refractivity contribution in [3.8, 4) is 0 Å². The Hall–Kier alpha value is -1.85. The smallest absolute Gasteiger partial charge is 0.242 e. The van der Waals surface area contributed by atoms with Crippen molar-refractivity contribution < 1.29 is 4.79 Å². The lowest BCUT2D eigenvalue weighted by Gasteiger charge is -2.22. The first-order chi connectivity index (χ1) is 9.47. The Morgan fingerprint density at radius 1 is 1.40 bits per heavy atom. The molecule has 2 rings (SSSR count). The third-order valence-corrected chi connectivity index (χ3v) is 3.49. The molecule has 0 unspecified atom stereocenters. The molecule has 0 atom stereocenters. The largest absolute Gasteiger partial charge is 0.384 e. The van der Waals surface area contributed by atoms with Gasteiger partial charge in [-0.15, -0.1) is 0 Å². The van der Waals surface area contributed by atoms with Crippen LogP contribution in [0.3, 0.4) is 0 Å². The maximum atomic E-state index is 12.1. The number of nitrogen functional groups attached to an aromatic ring is 1. The van der Waals surface area contributed by atoms with Gasteiger partial charge in [0.25, 0.3) is 0 Å². The molecule has 1 aliphatic heterocycles. The van der Waals surface area contributed by atoms with E-state index in [2.05, 4.69) is 9.97 Å². The first-order valence-corrected chi connectivity index (χ1v) is 7.10. The van der Waals surface area contributed by atoms with Crippen LogP contribution in [0.2, 0.25) is 0 Å². The predicted molar refractivity (Wildman–Crippen MR) is 79.6 cm³/mol. The van der Waals surface area contributed by atoms with Gasteiger partial charge in [-0.3, -0.25) is 4.79 Å². The van der Waals surface area contributed by atoms with Crippen LogP contribution in [-0.2, 0) is 4.79 Å². The molecule has 1 saturated heterocycles. The average molecular weight is 277 g/mol. The molecule has 0 spiro atoms. The van der Waals surface area contributed by atoms with E-state index < -0.39 is 0 Å². The molecule has 0 radical (unpaired) electrons. The predicted octanol–water partition coefficient (Wildman–Crippen LogP) is 1.24. The second-order valence-corrected chi connectivity index (χ2v) is 5.61. The lowest BCUT2D eigenvalue weighted by Crippen LogP contribution is -2.37. The van der Waals surface area contributed by atoms with Crippen LogP contribution < -0.4 is 10.6 Å². The maximum absolute atomic E-state index is 12.1. The maximum Gasteiger partial charge on any atom is 0.242 e. The van der Waals surface area contributed by atoms with Gasteiger partial charge >= 0.3 is 0 Å². The van der Waals surface area contributed by atoms with E-state index in [9.17, 15) is 4.79 Å². The van der Waals surface area contributed by atoms with Crippen LogP contribution in [0, 0.1) is 0 Å². The quantitative estimate of drug-likeness (QED) is 0.896. The number of hydrogen-bond donors (Lipinski definition) is 1. The third kappa shape index (κ3) is 3.37. The molecule has 2 N–H and O–H groups in total. The van der Waals surface area contributed by atoms with Crippen molar-refractivity contribution in [1.29, 1.82) is 0 Å². The van der Waals surface area contributed by atoms with Crippen molar-refractivity contribution in [2.24, 2.45) is 0 Å². The third-order valence-electron chi connectivity index (χ3n) is 3.49. The SMILES string of the molecule is CC(C)c1nc(N)cc(N(C)CC(=O)N2CCCC2)n1. The highest BCUT2D eigenvalue weighted by molar-refractivity contribution is 5.81. The lowest BCUT2D eigenvalue weighted by atomic mass is 10.2. The minimum absolute atomic E-state index is 0.147.